The molecule has 150 valence electrons. The molecule has 0 radical (unpaired) electrons. The molecule has 4 saturated heterocycles. The molecule has 5 heteroatoms. The van der Waals surface area contributed by atoms with Crippen molar-refractivity contribution in [3.05, 3.63) is 35.9 Å². The van der Waals surface area contributed by atoms with E-state index in [0.717, 1.165) is 5.56 Å². The summed E-state index contributed by atoms with van der Waals surface area (Å²) in [5.41, 5.74) is 1.14. The summed E-state index contributed by atoms with van der Waals surface area (Å²) in [6.45, 7) is 11.2. The topological polar surface area (TPSA) is 57.2 Å². The predicted molar refractivity (Wildman–Crippen MR) is 100 cm³/mol. The smallest absolute Gasteiger partial charge is 0.184 e. The van der Waals surface area contributed by atoms with Crippen LogP contribution >= 0.6 is 0 Å². The molecule has 27 heavy (non-hydrogen) atoms. The highest BCUT2D eigenvalue weighted by Crippen LogP contribution is 2.63. The van der Waals surface area contributed by atoms with Gasteiger partial charge in [-0.25, -0.2) is 0 Å². The van der Waals surface area contributed by atoms with Gasteiger partial charge in [-0.05, 0) is 12.0 Å². The van der Waals surface area contributed by atoms with E-state index in [9.17, 15) is 5.11 Å². The lowest BCUT2D eigenvalue weighted by Crippen LogP contribution is -2.83. The van der Waals surface area contributed by atoms with Crippen LogP contribution in [0.2, 0.25) is 0 Å². The number of hydrogen-bond donors (Lipinski definition) is 1. The van der Waals surface area contributed by atoms with Gasteiger partial charge in [0.2, 0.25) is 0 Å². The molecule has 0 aliphatic carbocycles. The van der Waals surface area contributed by atoms with E-state index in [1.807, 2.05) is 39.0 Å². The Labute approximate surface area is 162 Å². The summed E-state index contributed by atoms with van der Waals surface area (Å²) in [4.78, 5) is 0. The molecule has 0 spiro atoms. The standard InChI is InChI=1S/C22H32O5/c1-6-20-15(3)19-16(4)21(23,26-20)17(5)22(25-19,27-20)14(2)12-24-13-18-10-8-7-9-11-18/h7-11,14-17,19,23H,6,12-13H2,1-5H3/t14-,15-,16+,17-,19+,20-,21-,22-/m1/s1. The van der Waals surface area contributed by atoms with Crippen molar-refractivity contribution in [3.8, 4) is 0 Å². The maximum atomic E-state index is 11.4. The molecule has 8 atom stereocenters. The average Bonchev–Trinajstić information content (AvgIpc) is 2.67. The maximum absolute atomic E-state index is 11.4. The summed E-state index contributed by atoms with van der Waals surface area (Å²) < 4.78 is 25.4. The van der Waals surface area contributed by atoms with Crippen LogP contribution in [-0.2, 0) is 25.6 Å². The van der Waals surface area contributed by atoms with Gasteiger partial charge in [-0.1, -0.05) is 65.0 Å². The zero-order valence-electron chi connectivity index (χ0n) is 17.0. The monoisotopic (exact) mass is 376 g/mol. The number of aliphatic hydroxyl groups is 1. The molecule has 1 aromatic carbocycles. The predicted octanol–water partition coefficient (Wildman–Crippen LogP) is 3.70. The second-order valence-corrected chi connectivity index (χ2v) is 8.63. The van der Waals surface area contributed by atoms with E-state index in [2.05, 4.69) is 26.0 Å². The number of hydrogen-bond acceptors (Lipinski definition) is 5. The molecular weight excluding hydrogens is 344 g/mol. The molecule has 5 nitrogen and oxygen atoms in total. The van der Waals surface area contributed by atoms with Crippen LogP contribution in [0.3, 0.4) is 0 Å². The Kier molecular flexibility index (Phi) is 4.68. The molecule has 0 saturated carbocycles. The lowest BCUT2D eigenvalue weighted by Gasteiger charge is -2.71. The zero-order chi connectivity index (χ0) is 19.4. The Hall–Kier alpha value is -0.980. The lowest BCUT2D eigenvalue weighted by molar-refractivity contribution is -0.592. The molecule has 0 unspecified atom stereocenters. The second-order valence-electron chi connectivity index (χ2n) is 8.63. The highest BCUT2D eigenvalue weighted by Gasteiger charge is 2.76. The average molecular weight is 376 g/mol. The molecule has 1 aromatic rings. The van der Waals surface area contributed by atoms with Crippen molar-refractivity contribution in [2.45, 2.75) is 71.1 Å². The Morgan fingerprint density at radius 2 is 1.81 bits per heavy atom. The van der Waals surface area contributed by atoms with Crippen LogP contribution < -0.4 is 0 Å². The Balaban J connectivity index is 1.56. The van der Waals surface area contributed by atoms with Crippen molar-refractivity contribution in [3.63, 3.8) is 0 Å². The van der Waals surface area contributed by atoms with Gasteiger partial charge in [0.1, 0.15) is 0 Å². The van der Waals surface area contributed by atoms with E-state index in [-0.39, 0.29) is 29.8 Å². The van der Waals surface area contributed by atoms with Gasteiger partial charge in [-0.2, -0.15) is 0 Å². The third kappa shape index (κ3) is 2.63. The van der Waals surface area contributed by atoms with Crippen LogP contribution in [-0.4, -0.2) is 35.2 Å². The summed E-state index contributed by atoms with van der Waals surface area (Å²) in [6, 6.07) is 10.1. The molecule has 4 heterocycles. The third-order valence-electron chi connectivity index (χ3n) is 7.20. The van der Waals surface area contributed by atoms with Crippen LogP contribution in [0.4, 0.5) is 0 Å². The molecule has 0 aromatic heterocycles. The van der Waals surface area contributed by atoms with Crippen molar-refractivity contribution in [2.75, 3.05) is 6.61 Å². The van der Waals surface area contributed by atoms with Crippen molar-refractivity contribution < 1.29 is 24.1 Å². The summed E-state index contributed by atoms with van der Waals surface area (Å²) in [5.74, 6) is -3.32. The molecular formula is C22H32O5. The van der Waals surface area contributed by atoms with Crippen LogP contribution in [0.1, 0.15) is 46.6 Å². The van der Waals surface area contributed by atoms with Crippen LogP contribution in [0.25, 0.3) is 0 Å². The quantitative estimate of drug-likeness (QED) is 0.820. The fourth-order valence-corrected chi connectivity index (χ4v) is 5.32. The number of ether oxygens (including phenoxy) is 4. The largest absolute Gasteiger partial charge is 0.376 e. The van der Waals surface area contributed by atoms with E-state index in [1.165, 1.54) is 0 Å². The SMILES string of the molecule is CC[C@]12O[C@@]3(O)[C@@H](C)[C@]([C@H](C)COCc4ccccc4)(O[C@@H]([C@H]1C)[C@@H]3C)O2. The number of rotatable bonds is 6. The van der Waals surface area contributed by atoms with Gasteiger partial charge < -0.3 is 24.1 Å². The summed E-state index contributed by atoms with van der Waals surface area (Å²) >= 11 is 0. The van der Waals surface area contributed by atoms with E-state index in [1.54, 1.807) is 0 Å². The third-order valence-corrected chi connectivity index (χ3v) is 7.20. The highest BCUT2D eigenvalue weighted by molar-refractivity contribution is 5.14. The molecule has 4 aliphatic heterocycles. The van der Waals surface area contributed by atoms with Gasteiger partial charge in [-0.3, -0.25) is 0 Å². The first kappa shape index (κ1) is 19.3. The maximum Gasteiger partial charge on any atom is 0.184 e. The summed E-state index contributed by atoms with van der Waals surface area (Å²) in [6.07, 6.45) is 0.583. The van der Waals surface area contributed by atoms with Gasteiger partial charge in [0.05, 0.1) is 25.2 Å². The molecule has 1 N–H and O–H groups in total. The minimum Gasteiger partial charge on any atom is -0.376 e. The van der Waals surface area contributed by atoms with Crippen molar-refractivity contribution in [1.29, 1.82) is 0 Å². The van der Waals surface area contributed by atoms with E-state index in [0.29, 0.717) is 19.6 Å². The van der Waals surface area contributed by atoms with E-state index in [4.69, 9.17) is 18.9 Å². The zero-order valence-corrected chi connectivity index (χ0v) is 17.0. The molecule has 4 bridgehead atoms. The van der Waals surface area contributed by atoms with Crippen molar-refractivity contribution in [2.24, 2.45) is 23.7 Å². The van der Waals surface area contributed by atoms with E-state index < -0.39 is 17.4 Å². The molecule has 0 amide bonds. The van der Waals surface area contributed by atoms with E-state index >= 15 is 0 Å². The first-order valence-corrected chi connectivity index (χ1v) is 10.2. The highest BCUT2D eigenvalue weighted by atomic mass is 16.9. The minimum atomic E-state index is -1.24. The van der Waals surface area contributed by atoms with Crippen molar-refractivity contribution >= 4 is 0 Å². The van der Waals surface area contributed by atoms with Crippen LogP contribution in [0.5, 0.6) is 0 Å². The molecule has 4 fully saturated rings. The van der Waals surface area contributed by atoms with Gasteiger partial charge in [-0.15, -0.1) is 0 Å². The van der Waals surface area contributed by atoms with Gasteiger partial charge in [0.15, 0.2) is 17.4 Å². The first-order valence-electron chi connectivity index (χ1n) is 10.2. The lowest BCUT2D eigenvalue weighted by atomic mass is 9.65. The fourth-order valence-electron chi connectivity index (χ4n) is 5.32. The van der Waals surface area contributed by atoms with Gasteiger partial charge >= 0.3 is 0 Å². The van der Waals surface area contributed by atoms with Crippen molar-refractivity contribution in [1.82, 2.24) is 0 Å². The Bertz CT molecular complexity index is 671. The van der Waals surface area contributed by atoms with Gasteiger partial charge in [0.25, 0.3) is 0 Å². The fraction of sp³-hybridized carbons (Fsp3) is 0.727. The first-order chi connectivity index (χ1) is 12.8. The number of benzene rings is 1. The molecule has 5 rings (SSSR count). The molecule has 4 aliphatic rings. The Morgan fingerprint density at radius 1 is 1.11 bits per heavy atom. The van der Waals surface area contributed by atoms with Gasteiger partial charge in [0, 0.05) is 17.8 Å². The minimum absolute atomic E-state index is 0.0416. The normalized spacial score (nSPS) is 46.6. The Morgan fingerprint density at radius 3 is 2.48 bits per heavy atom. The summed E-state index contributed by atoms with van der Waals surface area (Å²) in [5, 5.41) is 11.4. The van der Waals surface area contributed by atoms with Crippen LogP contribution in [0, 0.1) is 23.7 Å². The van der Waals surface area contributed by atoms with Crippen LogP contribution in [0.15, 0.2) is 30.3 Å². The summed E-state index contributed by atoms with van der Waals surface area (Å²) in [7, 11) is 0. The second kappa shape index (κ2) is 6.53.